The summed E-state index contributed by atoms with van der Waals surface area (Å²) in [5.74, 6) is -0.0620. The largest absolute Gasteiger partial charge is 0.396 e. The number of carbonyl (C=O) groups excluding carboxylic acids is 2. The Hall–Kier alpha value is -1.88. The maximum Gasteiger partial charge on any atom is 0.242 e. The molecule has 3 rings (SSSR count). The summed E-state index contributed by atoms with van der Waals surface area (Å²) in [6, 6.07) is 9.28. The molecule has 2 amide bonds. The fourth-order valence-electron chi connectivity index (χ4n) is 3.67. The van der Waals surface area contributed by atoms with Crippen LogP contribution in [0, 0.1) is 5.41 Å². The molecule has 0 aromatic heterocycles. The van der Waals surface area contributed by atoms with Gasteiger partial charge in [0, 0.05) is 18.5 Å². The summed E-state index contributed by atoms with van der Waals surface area (Å²) in [6.07, 6.45) is 4.96. The molecule has 2 aliphatic rings. The second-order valence-corrected chi connectivity index (χ2v) is 7.14. The first-order valence-electron chi connectivity index (χ1n) is 8.85. The third kappa shape index (κ3) is 3.61. The van der Waals surface area contributed by atoms with Crippen molar-refractivity contribution >= 4 is 11.8 Å². The molecule has 2 fully saturated rings. The fourth-order valence-corrected chi connectivity index (χ4v) is 3.67. The predicted molar refractivity (Wildman–Crippen MR) is 91.3 cm³/mol. The maximum absolute atomic E-state index is 12.6. The first-order valence-corrected chi connectivity index (χ1v) is 8.85. The lowest BCUT2D eigenvalue weighted by Gasteiger charge is -2.40. The number of aliphatic hydroxyl groups is 1. The molecule has 130 valence electrons. The van der Waals surface area contributed by atoms with Crippen molar-refractivity contribution in [3.63, 3.8) is 0 Å². The van der Waals surface area contributed by atoms with Crippen molar-refractivity contribution in [3.8, 4) is 0 Å². The highest BCUT2D eigenvalue weighted by Crippen LogP contribution is 2.39. The normalized spacial score (nSPS) is 22.0. The fraction of sp³-hybridized carbons (Fsp3) is 0.579. The van der Waals surface area contributed by atoms with Gasteiger partial charge in [0.1, 0.15) is 6.04 Å². The minimum Gasteiger partial charge on any atom is -0.396 e. The van der Waals surface area contributed by atoms with Gasteiger partial charge in [0.2, 0.25) is 11.8 Å². The van der Waals surface area contributed by atoms with Crippen molar-refractivity contribution in [1.29, 1.82) is 0 Å². The van der Waals surface area contributed by atoms with Crippen LogP contribution in [0.15, 0.2) is 30.3 Å². The van der Waals surface area contributed by atoms with Crippen LogP contribution in [0.4, 0.5) is 0 Å². The summed E-state index contributed by atoms with van der Waals surface area (Å²) >= 11 is 0. The molecule has 24 heavy (non-hydrogen) atoms. The summed E-state index contributed by atoms with van der Waals surface area (Å²) in [6.45, 7) is 1.28. The van der Waals surface area contributed by atoms with Gasteiger partial charge in [-0.05, 0) is 31.2 Å². The number of hydrogen-bond acceptors (Lipinski definition) is 3. The Bertz CT molecular complexity index is 578. The van der Waals surface area contributed by atoms with Gasteiger partial charge < -0.3 is 15.3 Å². The van der Waals surface area contributed by atoms with Crippen LogP contribution >= 0.6 is 0 Å². The second kappa shape index (κ2) is 7.34. The summed E-state index contributed by atoms with van der Waals surface area (Å²) in [4.78, 5) is 26.8. The van der Waals surface area contributed by atoms with Crippen LogP contribution in [0.3, 0.4) is 0 Å². The van der Waals surface area contributed by atoms with Crippen LogP contribution in [0.5, 0.6) is 0 Å². The number of benzene rings is 1. The zero-order valence-electron chi connectivity index (χ0n) is 14.0. The summed E-state index contributed by atoms with van der Waals surface area (Å²) in [7, 11) is 0. The highest BCUT2D eigenvalue weighted by atomic mass is 16.3. The molecule has 1 heterocycles. The monoisotopic (exact) mass is 330 g/mol. The Balaban J connectivity index is 1.56. The molecule has 1 unspecified atom stereocenters. The molecule has 1 aliphatic carbocycles. The van der Waals surface area contributed by atoms with Crippen LogP contribution in [0.25, 0.3) is 0 Å². The molecule has 5 heteroatoms. The molecular weight excluding hydrogens is 304 g/mol. The Morgan fingerprint density at radius 1 is 1.21 bits per heavy atom. The van der Waals surface area contributed by atoms with E-state index in [0.29, 0.717) is 19.5 Å². The Kier molecular flexibility index (Phi) is 5.19. The molecule has 1 aromatic rings. The number of likely N-dealkylation sites (tertiary alicyclic amines) is 1. The van der Waals surface area contributed by atoms with E-state index in [2.05, 4.69) is 5.32 Å². The standard InChI is InChI=1S/C19H26N2O3/c22-14-19(9-5-10-19)13-20-18(24)16-8-4-11-21(16)17(23)12-15-6-2-1-3-7-15/h1-3,6-7,16,22H,4-5,8-14H2,(H,20,24). The van der Waals surface area contributed by atoms with Crippen LogP contribution in [0.2, 0.25) is 0 Å². The SMILES string of the molecule is O=C(NCC1(CO)CCC1)C1CCCN1C(=O)Cc1ccccc1. The van der Waals surface area contributed by atoms with Crippen molar-refractivity contribution in [2.75, 3.05) is 19.7 Å². The van der Waals surface area contributed by atoms with Gasteiger partial charge >= 0.3 is 0 Å². The molecule has 1 saturated carbocycles. The highest BCUT2D eigenvalue weighted by molar-refractivity contribution is 5.89. The van der Waals surface area contributed by atoms with E-state index in [1.165, 1.54) is 0 Å². The predicted octanol–water partition coefficient (Wildman–Crippen LogP) is 1.50. The zero-order valence-corrected chi connectivity index (χ0v) is 14.0. The molecule has 0 spiro atoms. The molecule has 1 aromatic carbocycles. The number of nitrogens with one attached hydrogen (secondary N) is 1. The van der Waals surface area contributed by atoms with Crippen LogP contribution < -0.4 is 5.32 Å². The molecule has 1 saturated heterocycles. The Morgan fingerprint density at radius 3 is 2.58 bits per heavy atom. The topological polar surface area (TPSA) is 69.6 Å². The van der Waals surface area contributed by atoms with Crippen molar-refractivity contribution in [3.05, 3.63) is 35.9 Å². The van der Waals surface area contributed by atoms with E-state index in [-0.39, 0.29) is 29.9 Å². The first kappa shape index (κ1) is 17.0. The van der Waals surface area contributed by atoms with Gasteiger partial charge in [-0.15, -0.1) is 0 Å². The van der Waals surface area contributed by atoms with Crippen molar-refractivity contribution in [1.82, 2.24) is 10.2 Å². The van der Waals surface area contributed by atoms with Gasteiger partial charge in [-0.2, -0.15) is 0 Å². The lowest BCUT2D eigenvalue weighted by Crippen LogP contribution is -2.51. The van der Waals surface area contributed by atoms with E-state index >= 15 is 0 Å². The molecule has 0 bridgehead atoms. The van der Waals surface area contributed by atoms with E-state index in [0.717, 1.165) is 37.7 Å². The molecule has 5 nitrogen and oxygen atoms in total. The number of nitrogens with zero attached hydrogens (tertiary/aromatic N) is 1. The number of amides is 2. The molecule has 0 radical (unpaired) electrons. The third-order valence-electron chi connectivity index (χ3n) is 5.46. The smallest absolute Gasteiger partial charge is 0.242 e. The minimum atomic E-state index is -0.364. The van der Waals surface area contributed by atoms with Crippen LogP contribution in [-0.2, 0) is 16.0 Å². The second-order valence-electron chi connectivity index (χ2n) is 7.14. The Morgan fingerprint density at radius 2 is 1.96 bits per heavy atom. The van der Waals surface area contributed by atoms with Gasteiger partial charge in [0.15, 0.2) is 0 Å². The van der Waals surface area contributed by atoms with E-state index in [1.54, 1.807) is 4.90 Å². The maximum atomic E-state index is 12.6. The number of rotatable bonds is 6. The van der Waals surface area contributed by atoms with Gasteiger partial charge in [-0.1, -0.05) is 36.8 Å². The number of carbonyl (C=O) groups is 2. The summed E-state index contributed by atoms with van der Waals surface area (Å²) < 4.78 is 0. The van der Waals surface area contributed by atoms with Gasteiger partial charge in [0.05, 0.1) is 13.0 Å². The van der Waals surface area contributed by atoms with Gasteiger partial charge in [-0.3, -0.25) is 9.59 Å². The van der Waals surface area contributed by atoms with E-state index in [4.69, 9.17) is 0 Å². The average molecular weight is 330 g/mol. The lowest BCUT2D eigenvalue weighted by molar-refractivity contribution is -0.138. The molecule has 1 atom stereocenters. The molecule has 2 N–H and O–H groups in total. The first-order chi connectivity index (χ1) is 11.6. The van der Waals surface area contributed by atoms with Crippen LogP contribution in [0.1, 0.15) is 37.7 Å². The quantitative estimate of drug-likeness (QED) is 0.830. The summed E-state index contributed by atoms with van der Waals surface area (Å²) in [5.41, 5.74) is 0.843. The average Bonchev–Trinajstić information content (AvgIpc) is 3.05. The number of aliphatic hydroxyl groups excluding tert-OH is 1. The van der Waals surface area contributed by atoms with Crippen molar-refractivity contribution < 1.29 is 14.7 Å². The van der Waals surface area contributed by atoms with Gasteiger partial charge in [-0.25, -0.2) is 0 Å². The van der Waals surface area contributed by atoms with Crippen LogP contribution in [-0.4, -0.2) is 47.6 Å². The molecular formula is C19H26N2O3. The summed E-state index contributed by atoms with van der Waals surface area (Å²) in [5, 5.41) is 12.5. The Labute approximate surface area is 143 Å². The van der Waals surface area contributed by atoms with E-state index in [9.17, 15) is 14.7 Å². The third-order valence-corrected chi connectivity index (χ3v) is 5.46. The lowest BCUT2D eigenvalue weighted by atomic mass is 9.69. The van der Waals surface area contributed by atoms with Crippen molar-refractivity contribution in [2.45, 2.75) is 44.6 Å². The highest BCUT2D eigenvalue weighted by Gasteiger charge is 2.39. The zero-order chi connectivity index (χ0) is 17.0. The minimum absolute atomic E-state index is 0.0133. The van der Waals surface area contributed by atoms with E-state index in [1.807, 2.05) is 30.3 Å². The number of hydrogen-bond donors (Lipinski definition) is 2. The van der Waals surface area contributed by atoms with E-state index < -0.39 is 0 Å². The molecule has 1 aliphatic heterocycles. The van der Waals surface area contributed by atoms with Crippen molar-refractivity contribution in [2.24, 2.45) is 5.41 Å². The van der Waals surface area contributed by atoms with Gasteiger partial charge in [0.25, 0.3) is 0 Å².